The number of fused-ring (bicyclic) bond motifs is 1. The highest BCUT2D eigenvalue weighted by molar-refractivity contribution is 5.76. The van der Waals surface area contributed by atoms with Crippen LogP contribution >= 0.6 is 0 Å². The molecule has 4 heteroatoms. The molecular weight excluding hydrogens is 240 g/mol. The quantitative estimate of drug-likeness (QED) is 0.762. The van der Waals surface area contributed by atoms with Gasteiger partial charge in [0, 0.05) is 6.54 Å². The van der Waals surface area contributed by atoms with Gasteiger partial charge in [-0.2, -0.15) is 0 Å². The molecular formula is C15H22N2O2. The molecule has 0 radical (unpaired) electrons. The van der Waals surface area contributed by atoms with E-state index < -0.39 is 0 Å². The lowest BCUT2D eigenvalue weighted by Crippen LogP contribution is -2.29. The number of carbonyl (C=O) groups excluding carboxylic acids is 1. The molecule has 1 heterocycles. The molecule has 0 bridgehead atoms. The number of nitrogens with one attached hydrogen (secondary N) is 2. The molecule has 104 valence electrons. The zero-order chi connectivity index (χ0) is 13.5. The minimum Gasteiger partial charge on any atom is -0.373 e. The normalized spacial score (nSPS) is 17.8. The largest absolute Gasteiger partial charge is 0.373 e. The Morgan fingerprint density at radius 3 is 3.05 bits per heavy atom. The van der Waals surface area contributed by atoms with Gasteiger partial charge in [-0.15, -0.1) is 0 Å². The predicted octanol–water partition coefficient (Wildman–Crippen LogP) is 1.42. The van der Waals surface area contributed by atoms with Crippen molar-refractivity contribution < 1.29 is 9.53 Å². The summed E-state index contributed by atoms with van der Waals surface area (Å²) >= 11 is 0. The zero-order valence-electron chi connectivity index (χ0n) is 11.4. The van der Waals surface area contributed by atoms with Crippen molar-refractivity contribution in [3.05, 3.63) is 35.4 Å². The van der Waals surface area contributed by atoms with Crippen molar-refractivity contribution in [2.45, 2.75) is 25.4 Å². The van der Waals surface area contributed by atoms with Crippen molar-refractivity contribution in [2.75, 3.05) is 26.7 Å². The summed E-state index contributed by atoms with van der Waals surface area (Å²) in [7, 11) is 1.91. The Morgan fingerprint density at radius 1 is 1.37 bits per heavy atom. The minimum atomic E-state index is -0.0887. The maximum Gasteiger partial charge on any atom is 0.222 e. The Labute approximate surface area is 114 Å². The van der Waals surface area contributed by atoms with E-state index in [-0.39, 0.29) is 12.0 Å². The molecule has 1 unspecified atom stereocenters. The van der Waals surface area contributed by atoms with Crippen molar-refractivity contribution in [3.8, 4) is 0 Å². The predicted molar refractivity (Wildman–Crippen MR) is 75.0 cm³/mol. The van der Waals surface area contributed by atoms with Crippen molar-refractivity contribution in [1.29, 1.82) is 0 Å². The number of amides is 1. The fourth-order valence-corrected chi connectivity index (χ4v) is 2.38. The molecule has 0 saturated carbocycles. The lowest BCUT2D eigenvalue weighted by Gasteiger charge is -2.25. The summed E-state index contributed by atoms with van der Waals surface area (Å²) in [5, 5.41) is 6.00. The van der Waals surface area contributed by atoms with Crippen LogP contribution in [0.2, 0.25) is 0 Å². The van der Waals surface area contributed by atoms with Gasteiger partial charge in [0.15, 0.2) is 0 Å². The molecule has 2 N–H and O–H groups in total. The first kappa shape index (κ1) is 14.0. The highest BCUT2D eigenvalue weighted by Gasteiger charge is 2.22. The van der Waals surface area contributed by atoms with Crippen LogP contribution in [-0.2, 0) is 16.0 Å². The number of benzene rings is 1. The Kier molecular flexibility index (Phi) is 5.36. The third-order valence-corrected chi connectivity index (χ3v) is 3.39. The second-order valence-electron chi connectivity index (χ2n) is 4.82. The Balaban J connectivity index is 1.85. The van der Waals surface area contributed by atoms with Gasteiger partial charge < -0.3 is 15.4 Å². The molecule has 4 nitrogen and oxygen atoms in total. The lowest BCUT2D eigenvalue weighted by atomic mass is 9.95. The van der Waals surface area contributed by atoms with E-state index in [0.29, 0.717) is 19.6 Å². The average Bonchev–Trinajstić information content (AvgIpc) is 2.44. The van der Waals surface area contributed by atoms with E-state index in [1.807, 2.05) is 19.2 Å². The van der Waals surface area contributed by atoms with E-state index in [9.17, 15) is 4.79 Å². The number of hydrogen-bond donors (Lipinski definition) is 2. The summed E-state index contributed by atoms with van der Waals surface area (Å²) in [6.07, 6.45) is 2.21. The van der Waals surface area contributed by atoms with Crippen molar-refractivity contribution in [3.63, 3.8) is 0 Å². The molecule has 0 spiro atoms. The smallest absolute Gasteiger partial charge is 0.222 e. The fourth-order valence-electron chi connectivity index (χ4n) is 2.38. The van der Waals surface area contributed by atoms with Crippen LogP contribution in [0.25, 0.3) is 0 Å². The van der Waals surface area contributed by atoms with Gasteiger partial charge in [0.2, 0.25) is 5.91 Å². The Hall–Kier alpha value is -1.39. The summed E-state index contributed by atoms with van der Waals surface area (Å²) in [5.41, 5.74) is 2.47. The van der Waals surface area contributed by atoms with Crippen molar-refractivity contribution >= 4 is 5.91 Å². The third kappa shape index (κ3) is 4.04. The maximum atomic E-state index is 11.9. The molecule has 1 aromatic rings. The van der Waals surface area contributed by atoms with E-state index >= 15 is 0 Å². The SMILES string of the molecule is CNCCCNC(=O)CC1OCCc2ccccc21. The molecule has 1 atom stereocenters. The first-order chi connectivity index (χ1) is 9.31. The van der Waals surface area contributed by atoms with Gasteiger partial charge >= 0.3 is 0 Å². The van der Waals surface area contributed by atoms with Gasteiger partial charge in [-0.25, -0.2) is 0 Å². The topological polar surface area (TPSA) is 50.4 Å². The maximum absolute atomic E-state index is 11.9. The van der Waals surface area contributed by atoms with E-state index in [0.717, 1.165) is 19.4 Å². The summed E-state index contributed by atoms with van der Waals surface area (Å²) < 4.78 is 5.73. The second-order valence-corrected chi connectivity index (χ2v) is 4.82. The first-order valence-electron chi connectivity index (χ1n) is 6.92. The number of ether oxygens (including phenoxy) is 1. The average molecular weight is 262 g/mol. The van der Waals surface area contributed by atoms with Gasteiger partial charge in [0.1, 0.15) is 0 Å². The molecule has 0 aromatic heterocycles. The molecule has 0 aliphatic carbocycles. The van der Waals surface area contributed by atoms with Crippen LogP contribution < -0.4 is 10.6 Å². The lowest BCUT2D eigenvalue weighted by molar-refractivity contribution is -0.124. The van der Waals surface area contributed by atoms with Gasteiger partial charge in [0.05, 0.1) is 19.1 Å². The number of rotatable bonds is 6. The van der Waals surface area contributed by atoms with E-state index in [2.05, 4.69) is 22.8 Å². The molecule has 1 aliphatic rings. The van der Waals surface area contributed by atoms with Crippen LogP contribution in [0.4, 0.5) is 0 Å². The van der Waals surface area contributed by atoms with Gasteiger partial charge in [-0.3, -0.25) is 4.79 Å². The van der Waals surface area contributed by atoms with Gasteiger partial charge in [-0.1, -0.05) is 24.3 Å². The zero-order valence-corrected chi connectivity index (χ0v) is 11.4. The molecule has 1 amide bonds. The molecule has 0 fully saturated rings. The van der Waals surface area contributed by atoms with Crippen molar-refractivity contribution in [2.24, 2.45) is 0 Å². The van der Waals surface area contributed by atoms with Crippen LogP contribution in [0.3, 0.4) is 0 Å². The number of carbonyl (C=O) groups is 1. The highest BCUT2D eigenvalue weighted by atomic mass is 16.5. The van der Waals surface area contributed by atoms with Crippen LogP contribution in [0.15, 0.2) is 24.3 Å². The molecule has 2 rings (SSSR count). The van der Waals surface area contributed by atoms with E-state index in [1.54, 1.807) is 0 Å². The summed E-state index contributed by atoms with van der Waals surface area (Å²) in [4.78, 5) is 11.9. The second kappa shape index (κ2) is 7.26. The van der Waals surface area contributed by atoms with Crippen molar-refractivity contribution in [1.82, 2.24) is 10.6 Å². The monoisotopic (exact) mass is 262 g/mol. The Morgan fingerprint density at radius 2 is 2.21 bits per heavy atom. The summed E-state index contributed by atoms with van der Waals surface area (Å²) in [6, 6.07) is 8.23. The highest BCUT2D eigenvalue weighted by Crippen LogP contribution is 2.29. The molecule has 1 aliphatic heterocycles. The van der Waals surface area contributed by atoms with Crippen LogP contribution in [-0.4, -0.2) is 32.7 Å². The summed E-state index contributed by atoms with van der Waals surface area (Å²) in [5.74, 6) is 0.0674. The van der Waals surface area contributed by atoms with E-state index in [1.165, 1.54) is 11.1 Å². The van der Waals surface area contributed by atoms with E-state index in [4.69, 9.17) is 4.74 Å². The van der Waals surface area contributed by atoms with Gasteiger partial charge in [-0.05, 0) is 37.6 Å². The summed E-state index contributed by atoms with van der Waals surface area (Å²) in [6.45, 7) is 2.34. The molecule has 19 heavy (non-hydrogen) atoms. The standard InChI is InChI=1S/C15H22N2O2/c1-16-8-4-9-17-15(18)11-14-13-6-3-2-5-12(13)7-10-19-14/h2-3,5-6,14,16H,4,7-11H2,1H3,(H,17,18). The first-order valence-corrected chi connectivity index (χ1v) is 6.92. The van der Waals surface area contributed by atoms with Crippen LogP contribution in [0, 0.1) is 0 Å². The Bertz CT molecular complexity index is 420. The van der Waals surface area contributed by atoms with Crippen LogP contribution in [0.1, 0.15) is 30.1 Å². The van der Waals surface area contributed by atoms with Gasteiger partial charge in [0.25, 0.3) is 0 Å². The molecule has 0 saturated heterocycles. The molecule has 1 aromatic carbocycles. The minimum absolute atomic E-state index is 0.0674. The van der Waals surface area contributed by atoms with Crippen LogP contribution in [0.5, 0.6) is 0 Å². The third-order valence-electron chi connectivity index (χ3n) is 3.39. The number of hydrogen-bond acceptors (Lipinski definition) is 3. The fraction of sp³-hybridized carbons (Fsp3) is 0.533.